The molecule has 1 amide bonds. The molecule has 4 nitrogen and oxygen atoms in total. The van der Waals surface area contributed by atoms with Gasteiger partial charge in [-0.3, -0.25) is 4.79 Å². The summed E-state index contributed by atoms with van der Waals surface area (Å²) in [7, 11) is 1.64. The van der Waals surface area contributed by atoms with E-state index in [0.717, 1.165) is 16.9 Å². The van der Waals surface area contributed by atoms with Crippen molar-refractivity contribution in [1.82, 2.24) is 4.90 Å². The molecule has 3 atom stereocenters. The van der Waals surface area contributed by atoms with Gasteiger partial charge in [0.2, 0.25) is 5.91 Å². The number of hydrogen-bond acceptors (Lipinski definition) is 3. The third-order valence-electron chi connectivity index (χ3n) is 5.12. The molecule has 0 saturated heterocycles. The third-order valence-corrected chi connectivity index (χ3v) is 5.12. The number of aliphatic hydroxyl groups is 1. The minimum absolute atomic E-state index is 0.0630. The first-order valence-electron chi connectivity index (χ1n) is 8.70. The van der Waals surface area contributed by atoms with Gasteiger partial charge in [-0.1, -0.05) is 49.4 Å². The molecule has 132 valence electrons. The van der Waals surface area contributed by atoms with Crippen LogP contribution in [0.15, 0.2) is 54.6 Å². The summed E-state index contributed by atoms with van der Waals surface area (Å²) in [5.74, 6) is 1.23. The van der Waals surface area contributed by atoms with E-state index < -0.39 is 0 Å². The summed E-state index contributed by atoms with van der Waals surface area (Å²) < 4.78 is 5.20. The molecule has 0 spiro atoms. The normalized spacial score (nSPS) is 21.6. The number of methoxy groups -OCH3 is 1. The first-order chi connectivity index (χ1) is 12.1. The lowest BCUT2D eigenvalue weighted by atomic mass is 10.1. The number of aliphatic hydroxyl groups excluding tert-OH is 1. The molecule has 4 heteroatoms. The van der Waals surface area contributed by atoms with E-state index in [1.54, 1.807) is 7.11 Å². The molecule has 0 radical (unpaired) electrons. The topological polar surface area (TPSA) is 49.8 Å². The number of amides is 1. The number of ether oxygens (including phenoxy) is 1. The van der Waals surface area contributed by atoms with Crippen LogP contribution in [-0.4, -0.2) is 29.6 Å². The molecule has 25 heavy (non-hydrogen) atoms. The van der Waals surface area contributed by atoms with E-state index in [4.69, 9.17) is 4.74 Å². The molecule has 1 saturated carbocycles. The van der Waals surface area contributed by atoms with Crippen LogP contribution in [0.25, 0.3) is 0 Å². The molecule has 0 heterocycles. The summed E-state index contributed by atoms with van der Waals surface area (Å²) in [6.45, 7) is 3.25. The largest absolute Gasteiger partial charge is 0.497 e. The Hall–Kier alpha value is -2.33. The maximum absolute atomic E-state index is 13.0. The minimum Gasteiger partial charge on any atom is -0.497 e. The standard InChI is InChI=1S/C21H25NO3/c1-15-19(14-23)20(15)21(24)22(12-16-6-4-3-5-7-16)13-17-8-10-18(25-2)11-9-17/h3-11,15,19-20,23H,12-14H2,1-2H3/t15-,19+,20-/m1/s1. The summed E-state index contributed by atoms with van der Waals surface area (Å²) in [5, 5.41) is 9.43. The number of benzene rings is 2. The second-order valence-corrected chi connectivity index (χ2v) is 6.76. The smallest absolute Gasteiger partial charge is 0.226 e. The van der Waals surface area contributed by atoms with Crippen molar-refractivity contribution in [3.63, 3.8) is 0 Å². The van der Waals surface area contributed by atoms with Crippen molar-refractivity contribution in [2.24, 2.45) is 17.8 Å². The van der Waals surface area contributed by atoms with Crippen molar-refractivity contribution < 1.29 is 14.6 Å². The zero-order valence-electron chi connectivity index (χ0n) is 14.8. The van der Waals surface area contributed by atoms with Crippen LogP contribution in [0.5, 0.6) is 5.75 Å². The van der Waals surface area contributed by atoms with Crippen molar-refractivity contribution in [3.8, 4) is 5.75 Å². The molecule has 0 aliphatic heterocycles. The van der Waals surface area contributed by atoms with Gasteiger partial charge in [0.1, 0.15) is 5.75 Å². The van der Waals surface area contributed by atoms with Crippen LogP contribution >= 0.6 is 0 Å². The first kappa shape index (κ1) is 17.5. The van der Waals surface area contributed by atoms with Gasteiger partial charge in [-0.15, -0.1) is 0 Å². The van der Waals surface area contributed by atoms with Crippen LogP contribution in [-0.2, 0) is 17.9 Å². The molecule has 1 aliphatic carbocycles. The van der Waals surface area contributed by atoms with Crippen LogP contribution in [0.1, 0.15) is 18.1 Å². The van der Waals surface area contributed by atoms with E-state index in [9.17, 15) is 9.90 Å². The van der Waals surface area contributed by atoms with Crippen molar-refractivity contribution in [3.05, 3.63) is 65.7 Å². The third kappa shape index (κ3) is 4.02. The van der Waals surface area contributed by atoms with E-state index >= 15 is 0 Å². The minimum atomic E-state index is -0.0630. The van der Waals surface area contributed by atoms with Crippen LogP contribution in [0.2, 0.25) is 0 Å². The summed E-state index contributed by atoms with van der Waals surface area (Å²) >= 11 is 0. The van der Waals surface area contributed by atoms with Gasteiger partial charge < -0.3 is 14.7 Å². The Balaban J connectivity index is 1.77. The van der Waals surface area contributed by atoms with E-state index in [0.29, 0.717) is 13.1 Å². The highest BCUT2D eigenvalue weighted by atomic mass is 16.5. The van der Waals surface area contributed by atoms with E-state index in [1.807, 2.05) is 66.4 Å². The highest BCUT2D eigenvalue weighted by Crippen LogP contribution is 2.46. The van der Waals surface area contributed by atoms with E-state index in [-0.39, 0.29) is 30.3 Å². The van der Waals surface area contributed by atoms with Gasteiger partial charge in [0, 0.05) is 25.6 Å². The summed E-state index contributed by atoms with van der Waals surface area (Å²) in [6.07, 6.45) is 0. The summed E-state index contributed by atoms with van der Waals surface area (Å²) in [6, 6.07) is 17.8. The Morgan fingerprint density at radius 2 is 1.64 bits per heavy atom. The SMILES string of the molecule is COc1ccc(CN(Cc2ccccc2)C(=O)[C@@H]2[C@H](C)[C@@H]2CO)cc1. The molecule has 0 unspecified atom stereocenters. The Labute approximate surface area is 149 Å². The predicted octanol–water partition coefficient (Wildman–Crippen LogP) is 3.10. The first-order valence-corrected chi connectivity index (χ1v) is 8.70. The van der Waals surface area contributed by atoms with E-state index in [1.165, 1.54) is 0 Å². The monoisotopic (exact) mass is 339 g/mol. The van der Waals surface area contributed by atoms with Crippen molar-refractivity contribution in [2.75, 3.05) is 13.7 Å². The van der Waals surface area contributed by atoms with Crippen LogP contribution in [0.4, 0.5) is 0 Å². The molecule has 1 N–H and O–H groups in total. The molecular weight excluding hydrogens is 314 g/mol. The van der Waals surface area contributed by atoms with Crippen molar-refractivity contribution in [2.45, 2.75) is 20.0 Å². The van der Waals surface area contributed by atoms with Gasteiger partial charge in [0.25, 0.3) is 0 Å². The Morgan fingerprint density at radius 3 is 2.16 bits per heavy atom. The number of hydrogen-bond donors (Lipinski definition) is 1. The Morgan fingerprint density at radius 1 is 1.04 bits per heavy atom. The number of carbonyl (C=O) groups is 1. The zero-order valence-corrected chi connectivity index (χ0v) is 14.8. The van der Waals surface area contributed by atoms with Gasteiger partial charge in [-0.05, 0) is 35.1 Å². The summed E-state index contributed by atoms with van der Waals surface area (Å²) in [5.41, 5.74) is 2.18. The lowest BCUT2D eigenvalue weighted by Crippen LogP contribution is -2.32. The van der Waals surface area contributed by atoms with Crippen molar-refractivity contribution in [1.29, 1.82) is 0 Å². The van der Waals surface area contributed by atoms with Gasteiger partial charge in [-0.2, -0.15) is 0 Å². The maximum Gasteiger partial charge on any atom is 0.226 e. The maximum atomic E-state index is 13.0. The quantitative estimate of drug-likeness (QED) is 0.843. The molecule has 1 fully saturated rings. The molecule has 3 rings (SSSR count). The molecule has 2 aromatic carbocycles. The molecule has 0 aromatic heterocycles. The van der Waals surface area contributed by atoms with Gasteiger partial charge in [0.05, 0.1) is 7.11 Å². The van der Waals surface area contributed by atoms with Gasteiger partial charge in [-0.25, -0.2) is 0 Å². The average molecular weight is 339 g/mol. The van der Waals surface area contributed by atoms with Crippen LogP contribution < -0.4 is 4.74 Å². The Kier molecular flexibility index (Phi) is 5.39. The fraction of sp³-hybridized carbons (Fsp3) is 0.381. The van der Waals surface area contributed by atoms with Crippen molar-refractivity contribution >= 4 is 5.91 Å². The number of nitrogens with zero attached hydrogens (tertiary/aromatic N) is 1. The van der Waals surface area contributed by atoms with E-state index in [2.05, 4.69) is 0 Å². The fourth-order valence-electron chi connectivity index (χ4n) is 3.41. The zero-order chi connectivity index (χ0) is 17.8. The second-order valence-electron chi connectivity index (χ2n) is 6.76. The number of rotatable bonds is 7. The predicted molar refractivity (Wildman–Crippen MR) is 96.9 cm³/mol. The lowest BCUT2D eigenvalue weighted by molar-refractivity contribution is -0.134. The van der Waals surface area contributed by atoms with Gasteiger partial charge in [0.15, 0.2) is 0 Å². The Bertz CT molecular complexity index is 699. The van der Waals surface area contributed by atoms with Gasteiger partial charge >= 0.3 is 0 Å². The number of carbonyl (C=O) groups excluding carboxylic acids is 1. The average Bonchev–Trinajstić information content (AvgIpc) is 3.31. The molecule has 0 bridgehead atoms. The molecule has 1 aliphatic rings. The summed E-state index contributed by atoms with van der Waals surface area (Å²) in [4.78, 5) is 14.9. The molecular formula is C21H25NO3. The second kappa shape index (κ2) is 7.70. The lowest BCUT2D eigenvalue weighted by Gasteiger charge is -2.24. The molecule has 2 aromatic rings. The fourth-order valence-corrected chi connectivity index (χ4v) is 3.41. The van der Waals surface area contributed by atoms with Crippen LogP contribution in [0, 0.1) is 17.8 Å². The highest BCUT2D eigenvalue weighted by Gasteiger charge is 2.52. The van der Waals surface area contributed by atoms with Crippen LogP contribution in [0.3, 0.4) is 0 Å². The highest BCUT2D eigenvalue weighted by molar-refractivity contribution is 5.82.